The average Bonchev–Trinajstić information content (AvgIpc) is 3.62. The third kappa shape index (κ3) is 10.8. The van der Waals surface area contributed by atoms with Crippen LogP contribution in [0.15, 0.2) is 121 Å². The zero-order valence-electron chi connectivity index (χ0n) is 37.8. The van der Waals surface area contributed by atoms with Gasteiger partial charge in [-0.3, -0.25) is 9.59 Å². The number of alkyl carbamates (subject to hydrolysis) is 1. The molecule has 10 heteroatoms. The van der Waals surface area contributed by atoms with E-state index in [0.29, 0.717) is 26.1 Å². The highest BCUT2D eigenvalue weighted by Gasteiger charge is 2.31. The normalized spacial score (nSPS) is 14.0. The molecule has 1 saturated heterocycles. The van der Waals surface area contributed by atoms with Crippen LogP contribution in [0.4, 0.5) is 21.9 Å². The van der Waals surface area contributed by atoms with E-state index < -0.39 is 12.1 Å². The minimum atomic E-state index is -0.715. The number of benzene rings is 5. The number of nitrogens with zero attached hydrogens (tertiary/aromatic N) is 4. The Kier molecular flexibility index (Phi) is 14.7. The minimum absolute atomic E-state index is 0.0513. The molecule has 2 aliphatic rings. The van der Waals surface area contributed by atoms with Gasteiger partial charge in [0.05, 0.1) is 0 Å². The topological polar surface area (TPSA) is 97.5 Å². The Bertz CT molecular complexity index is 2200. The Morgan fingerprint density at radius 1 is 0.651 bits per heavy atom. The van der Waals surface area contributed by atoms with Gasteiger partial charge in [-0.2, -0.15) is 0 Å². The number of hydrogen-bond acceptors (Lipinski definition) is 7. The first-order chi connectivity index (χ1) is 30.5. The molecule has 0 aromatic heterocycles. The van der Waals surface area contributed by atoms with Gasteiger partial charge in [0.2, 0.25) is 11.8 Å². The molecule has 1 unspecified atom stereocenters. The number of unbranched alkanes of at least 4 members (excludes halogenated alkanes) is 2. The molecule has 0 bridgehead atoms. The van der Waals surface area contributed by atoms with Crippen molar-refractivity contribution in [3.05, 3.63) is 149 Å². The second-order valence-electron chi connectivity index (χ2n) is 17.7. The third-order valence-corrected chi connectivity index (χ3v) is 12.6. The van der Waals surface area contributed by atoms with Crippen LogP contribution in [0.2, 0.25) is 0 Å². The van der Waals surface area contributed by atoms with Crippen LogP contribution in [0.5, 0.6) is 0 Å². The summed E-state index contributed by atoms with van der Waals surface area (Å²) in [4.78, 5) is 47.9. The number of anilines is 3. The van der Waals surface area contributed by atoms with E-state index in [1.165, 1.54) is 33.8 Å². The Hall–Kier alpha value is -6.29. The highest BCUT2D eigenvalue weighted by atomic mass is 16.5. The maximum absolute atomic E-state index is 13.2. The Morgan fingerprint density at radius 3 is 1.67 bits per heavy atom. The molecule has 1 aliphatic heterocycles. The Labute approximate surface area is 374 Å². The molecule has 63 heavy (non-hydrogen) atoms. The average molecular weight is 849 g/mol. The van der Waals surface area contributed by atoms with E-state index in [-0.39, 0.29) is 36.2 Å². The number of nitrogens with one attached hydrogen (secondary N) is 2. The van der Waals surface area contributed by atoms with Crippen LogP contribution in [-0.2, 0) is 14.3 Å². The van der Waals surface area contributed by atoms with Gasteiger partial charge in [0.15, 0.2) is 0 Å². The van der Waals surface area contributed by atoms with E-state index >= 15 is 0 Å². The van der Waals surface area contributed by atoms with Crippen LogP contribution >= 0.6 is 0 Å². The summed E-state index contributed by atoms with van der Waals surface area (Å²) < 4.78 is 5.71. The van der Waals surface area contributed by atoms with Gasteiger partial charge in [-0.15, -0.1) is 0 Å². The molecule has 1 heterocycles. The molecule has 0 radical (unpaired) electrons. The summed E-state index contributed by atoms with van der Waals surface area (Å²) in [6.07, 6.45) is 2.23. The molecule has 10 nitrogen and oxygen atoms in total. The fourth-order valence-corrected chi connectivity index (χ4v) is 8.96. The smallest absolute Gasteiger partial charge is 0.407 e. The Morgan fingerprint density at radius 2 is 1.16 bits per heavy atom. The summed E-state index contributed by atoms with van der Waals surface area (Å²) in [5, 5.41) is 5.79. The van der Waals surface area contributed by atoms with E-state index in [9.17, 15) is 14.4 Å². The summed E-state index contributed by atoms with van der Waals surface area (Å²) >= 11 is 0. The van der Waals surface area contributed by atoms with Gasteiger partial charge in [-0.1, -0.05) is 105 Å². The molecule has 5 aromatic rings. The van der Waals surface area contributed by atoms with E-state index in [1.807, 2.05) is 43.0 Å². The van der Waals surface area contributed by atoms with E-state index in [0.717, 1.165) is 54.6 Å². The number of hydrogen-bond donors (Lipinski definition) is 2. The molecule has 0 saturated carbocycles. The number of rotatable bonds is 17. The molecule has 2 N–H and O–H groups in total. The van der Waals surface area contributed by atoms with Gasteiger partial charge >= 0.3 is 6.09 Å². The van der Waals surface area contributed by atoms with Crippen molar-refractivity contribution in [1.29, 1.82) is 0 Å². The van der Waals surface area contributed by atoms with E-state index in [4.69, 9.17) is 4.74 Å². The number of ether oxygens (including phenoxy) is 1. The Balaban J connectivity index is 0.824. The molecular weight excluding hydrogens is 785 g/mol. The summed E-state index contributed by atoms with van der Waals surface area (Å²) in [5.41, 5.74) is 11.9. The van der Waals surface area contributed by atoms with Crippen LogP contribution < -0.4 is 25.3 Å². The SMILES string of the molecule is CC(C)C(NC(=O)OCC1c2ccccc2-c2ccccc21)C(=O)NCCCCCC(=O)N1CCN(c2ccc(C(c3ccc(N(C)C)cc3)c3ccc(N(C)C)cc3)cc2)CC1. The quantitative estimate of drug-likeness (QED) is 0.0713. The molecule has 0 spiro atoms. The van der Waals surface area contributed by atoms with Crippen molar-refractivity contribution >= 4 is 35.0 Å². The van der Waals surface area contributed by atoms with Crippen molar-refractivity contribution < 1.29 is 19.1 Å². The van der Waals surface area contributed by atoms with Crippen LogP contribution in [0.1, 0.15) is 79.2 Å². The molecule has 1 atom stereocenters. The summed E-state index contributed by atoms with van der Waals surface area (Å²) in [6.45, 7) is 7.46. The van der Waals surface area contributed by atoms with Crippen molar-refractivity contribution in [2.45, 2.75) is 57.4 Å². The van der Waals surface area contributed by atoms with Gasteiger partial charge in [0.25, 0.3) is 0 Å². The van der Waals surface area contributed by atoms with Crippen molar-refractivity contribution in [2.75, 3.05) is 82.2 Å². The van der Waals surface area contributed by atoms with Crippen molar-refractivity contribution in [1.82, 2.24) is 15.5 Å². The number of amides is 3. The first-order valence-electron chi connectivity index (χ1n) is 22.5. The maximum Gasteiger partial charge on any atom is 0.407 e. The predicted molar refractivity (Wildman–Crippen MR) is 256 cm³/mol. The number of carbonyl (C=O) groups is 3. The van der Waals surface area contributed by atoms with Gasteiger partial charge in [-0.25, -0.2) is 4.79 Å². The second-order valence-corrected chi connectivity index (χ2v) is 17.7. The highest BCUT2D eigenvalue weighted by molar-refractivity contribution is 5.86. The van der Waals surface area contributed by atoms with Crippen LogP contribution in [-0.4, -0.2) is 96.4 Å². The van der Waals surface area contributed by atoms with Gasteiger partial charge < -0.3 is 35.0 Å². The van der Waals surface area contributed by atoms with Gasteiger partial charge in [-0.05, 0) is 94.1 Å². The first-order valence-corrected chi connectivity index (χ1v) is 22.5. The van der Waals surface area contributed by atoms with Gasteiger partial charge in [0, 0.05) is 96.2 Å². The lowest BCUT2D eigenvalue weighted by Gasteiger charge is -2.36. The molecule has 330 valence electrons. The monoisotopic (exact) mass is 848 g/mol. The van der Waals surface area contributed by atoms with Crippen LogP contribution in [0.25, 0.3) is 11.1 Å². The van der Waals surface area contributed by atoms with Gasteiger partial charge in [0.1, 0.15) is 12.6 Å². The lowest BCUT2D eigenvalue weighted by Crippen LogP contribution is -2.50. The van der Waals surface area contributed by atoms with Crippen molar-refractivity contribution in [3.63, 3.8) is 0 Å². The summed E-state index contributed by atoms with van der Waals surface area (Å²) in [7, 11) is 8.26. The lowest BCUT2D eigenvalue weighted by molar-refractivity contribution is -0.131. The fraction of sp³-hybridized carbons (Fsp3) is 0.377. The standard InChI is InChI=1S/C53H64N6O4/c1-37(2)51(55-53(62)63-36-48-46-16-11-9-14-44(46)45-15-10-12-17-47(45)48)52(61)54-31-13-7-8-18-49(60)59-34-32-58(33-35-59)43-29-23-40(24-30-43)50(38-19-25-41(26-20-38)56(3)4)39-21-27-42(28-22-39)57(5)6/h9-12,14-17,19-30,37,48,50-51H,7-8,13,18,31-36H2,1-6H3,(H,54,61)(H,55,62). The van der Waals surface area contributed by atoms with Crippen LogP contribution in [0, 0.1) is 5.92 Å². The maximum atomic E-state index is 13.2. The molecule has 3 amide bonds. The third-order valence-electron chi connectivity index (χ3n) is 12.6. The van der Waals surface area contributed by atoms with E-state index in [1.54, 1.807) is 0 Å². The summed E-state index contributed by atoms with van der Waals surface area (Å²) in [5.74, 6) is -0.113. The molecule has 1 aliphatic carbocycles. The first kappa shape index (κ1) is 44.8. The van der Waals surface area contributed by atoms with Crippen LogP contribution in [0.3, 0.4) is 0 Å². The highest BCUT2D eigenvalue weighted by Crippen LogP contribution is 2.44. The zero-order valence-corrected chi connectivity index (χ0v) is 37.8. The lowest BCUT2D eigenvalue weighted by atomic mass is 9.85. The fourth-order valence-electron chi connectivity index (χ4n) is 8.96. The predicted octanol–water partition coefficient (Wildman–Crippen LogP) is 8.89. The van der Waals surface area contributed by atoms with Crippen molar-refractivity contribution in [3.8, 4) is 11.1 Å². The number of piperazine rings is 1. The molecular formula is C53H64N6O4. The summed E-state index contributed by atoms with van der Waals surface area (Å²) in [6, 6.07) is 42.4. The number of fused-ring (bicyclic) bond motifs is 3. The second kappa shape index (κ2) is 20.7. The minimum Gasteiger partial charge on any atom is -0.449 e. The zero-order chi connectivity index (χ0) is 44.5. The molecule has 5 aromatic carbocycles. The molecule has 1 fully saturated rings. The van der Waals surface area contributed by atoms with Crippen molar-refractivity contribution in [2.24, 2.45) is 5.92 Å². The van der Waals surface area contributed by atoms with E-state index in [2.05, 4.69) is 151 Å². The number of carbonyl (C=O) groups excluding carboxylic acids is 3. The largest absolute Gasteiger partial charge is 0.449 e. The molecule has 7 rings (SSSR count).